The molecule has 0 amide bonds. The molecule has 0 N–H and O–H groups in total. The Morgan fingerprint density at radius 3 is 2.88 bits per heavy atom. The third-order valence-corrected chi connectivity index (χ3v) is 4.52. The Kier molecular flexibility index (Phi) is 4.05. The van der Waals surface area contributed by atoms with E-state index in [1.54, 1.807) is 0 Å². The second-order valence-electron chi connectivity index (χ2n) is 4.49. The summed E-state index contributed by atoms with van der Waals surface area (Å²) in [7, 11) is 0. The van der Waals surface area contributed by atoms with E-state index in [9.17, 15) is 4.79 Å². The molecule has 1 atom stereocenters. The zero-order chi connectivity index (χ0) is 11.4. The molecule has 0 radical (unpaired) electrons. The molecule has 16 heavy (non-hydrogen) atoms. The van der Waals surface area contributed by atoms with Crippen molar-refractivity contribution in [3.8, 4) is 0 Å². The van der Waals surface area contributed by atoms with Gasteiger partial charge in [0, 0.05) is 23.0 Å². The van der Waals surface area contributed by atoms with Gasteiger partial charge in [-0.1, -0.05) is 24.6 Å². The largest absolute Gasteiger partial charge is 0.300 e. The molecule has 1 nitrogen and oxygen atoms in total. The lowest BCUT2D eigenvalue weighted by Crippen LogP contribution is -2.06. The quantitative estimate of drug-likeness (QED) is 0.720. The first-order valence-corrected chi connectivity index (χ1v) is 6.87. The monoisotopic (exact) mass is 234 g/mol. The fraction of sp³-hybridized carbons (Fsp3) is 0.500. The number of hydrogen-bond acceptors (Lipinski definition) is 2. The van der Waals surface area contributed by atoms with Gasteiger partial charge in [-0.05, 0) is 31.4 Å². The predicted molar refractivity (Wildman–Crippen MR) is 68.9 cm³/mol. The van der Waals surface area contributed by atoms with Gasteiger partial charge >= 0.3 is 0 Å². The molecule has 0 heterocycles. The van der Waals surface area contributed by atoms with Crippen molar-refractivity contribution in [3.63, 3.8) is 0 Å². The topological polar surface area (TPSA) is 17.1 Å². The SMILES string of the molecule is Cc1ccccc1S[C@H]1CCCCC(=O)C1. The molecule has 1 saturated carbocycles. The first-order chi connectivity index (χ1) is 7.75. The van der Waals surface area contributed by atoms with E-state index in [-0.39, 0.29) is 0 Å². The Labute approximate surface area is 102 Å². The smallest absolute Gasteiger partial charge is 0.134 e. The number of benzene rings is 1. The maximum absolute atomic E-state index is 11.6. The number of aryl methyl sites for hydroxylation is 1. The number of thioether (sulfide) groups is 1. The van der Waals surface area contributed by atoms with Crippen LogP contribution in [-0.2, 0) is 4.79 Å². The van der Waals surface area contributed by atoms with Crippen LogP contribution >= 0.6 is 11.8 Å². The van der Waals surface area contributed by atoms with Gasteiger partial charge in [0.1, 0.15) is 5.78 Å². The number of hydrogen-bond donors (Lipinski definition) is 0. The third kappa shape index (κ3) is 3.11. The average molecular weight is 234 g/mol. The molecule has 0 saturated heterocycles. The average Bonchev–Trinajstić information content (AvgIpc) is 2.46. The second-order valence-corrected chi connectivity index (χ2v) is 5.84. The molecular weight excluding hydrogens is 216 g/mol. The minimum Gasteiger partial charge on any atom is -0.300 e. The molecule has 0 aromatic heterocycles. The van der Waals surface area contributed by atoms with Crippen LogP contribution in [0, 0.1) is 6.92 Å². The number of Topliss-reactive ketones (excluding diaryl/α,β-unsaturated/α-hetero) is 1. The molecular formula is C14H18OS. The summed E-state index contributed by atoms with van der Waals surface area (Å²) in [5.41, 5.74) is 1.32. The van der Waals surface area contributed by atoms with Crippen molar-refractivity contribution in [1.82, 2.24) is 0 Å². The zero-order valence-electron chi connectivity index (χ0n) is 9.74. The maximum atomic E-state index is 11.6. The highest BCUT2D eigenvalue weighted by Crippen LogP contribution is 2.33. The van der Waals surface area contributed by atoms with Crippen molar-refractivity contribution >= 4 is 17.5 Å². The van der Waals surface area contributed by atoms with E-state index in [4.69, 9.17) is 0 Å². The van der Waals surface area contributed by atoms with Gasteiger partial charge in [-0.15, -0.1) is 11.8 Å². The van der Waals surface area contributed by atoms with Gasteiger partial charge < -0.3 is 0 Å². The molecule has 0 bridgehead atoms. The normalized spacial score (nSPS) is 21.8. The number of rotatable bonds is 2. The lowest BCUT2D eigenvalue weighted by molar-refractivity contribution is -0.118. The highest BCUT2D eigenvalue weighted by molar-refractivity contribution is 8.00. The molecule has 1 aromatic carbocycles. The summed E-state index contributed by atoms with van der Waals surface area (Å²) < 4.78 is 0. The van der Waals surface area contributed by atoms with Gasteiger partial charge in [0.05, 0.1) is 0 Å². The summed E-state index contributed by atoms with van der Waals surface area (Å²) in [4.78, 5) is 12.9. The van der Waals surface area contributed by atoms with Crippen molar-refractivity contribution in [2.24, 2.45) is 0 Å². The standard InChI is InChI=1S/C14H18OS/c1-11-6-2-5-9-14(11)16-13-8-4-3-7-12(15)10-13/h2,5-6,9,13H,3-4,7-8,10H2,1H3/t13-/m0/s1. The Balaban J connectivity index is 2.03. The van der Waals surface area contributed by atoms with E-state index in [0.29, 0.717) is 11.0 Å². The number of carbonyl (C=O) groups is 1. The summed E-state index contributed by atoms with van der Waals surface area (Å²) in [6.45, 7) is 2.14. The number of carbonyl (C=O) groups excluding carboxylic acids is 1. The summed E-state index contributed by atoms with van der Waals surface area (Å²) in [6.07, 6.45) is 5.04. The van der Waals surface area contributed by atoms with E-state index in [2.05, 4.69) is 31.2 Å². The highest BCUT2D eigenvalue weighted by Gasteiger charge is 2.18. The van der Waals surface area contributed by atoms with Crippen molar-refractivity contribution in [1.29, 1.82) is 0 Å². The van der Waals surface area contributed by atoms with Crippen molar-refractivity contribution < 1.29 is 4.79 Å². The van der Waals surface area contributed by atoms with E-state index >= 15 is 0 Å². The van der Waals surface area contributed by atoms with Crippen LogP contribution in [0.25, 0.3) is 0 Å². The van der Waals surface area contributed by atoms with Gasteiger partial charge in [0.15, 0.2) is 0 Å². The maximum Gasteiger partial charge on any atom is 0.134 e. The van der Waals surface area contributed by atoms with Gasteiger partial charge in [0.25, 0.3) is 0 Å². The molecule has 1 aliphatic carbocycles. The Morgan fingerprint density at radius 2 is 2.06 bits per heavy atom. The number of ketones is 1. The fourth-order valence-electron chi connectivity index (χ4n) is 2.12. The minimum absolute atomic E-state index is 0.448. The Morgan fingerprint density at radius 1 is 1.25 bits per heavy atom. The minimum atomic E-state index is 0.448. The highest BCUT2D eigenvalue weighted by atomic mass is 32.2. The molecule has 86 valence electrons. The summed E-state index contributed by atoms with van der Waals surface area (Å²) >= 11 is 1.89. The molecule has 1 aromatic rings. The van der Waals surface area contributed by atoms with Crippen LogP contribution in [0.1, 0.15) is 37.7 Å². The van der Waals surface area contributed by atoms with Crippen LogP contribution < -0.4 is 0 Å². The summed E-state index contributed by atoms with van der Waals surface area (Å²) in [5, 5.41) is 0.496. The summed E-state index contributed by atoms with van der Waals surface area (Å²) in [6, 6.07) is 8.45. The van der Waals surface area contributed by atoms with Gasteiger partial charge in [-0.2, -0.15) is 0 Å². The van der Waals surface area contributed by atoms with Crippen molar-refractivity contribution in [2.45, 2.75) is 49.2 Å². The predicted octanol–water partition coefficient (Wildman–Crippen LogP) is 3.99. The first kappa shape index (κ1) is 11.7. The van der Waals surface area contributed by atoms with Crippen LogP contribution in [0.4, 0.5) is 0 Å². The lowest BCUT2D eigenvalue weighted by atomic mass is 10.2. The van der Waals surface area contributed by atoms with E-state index in [1.165, 1.54) is 23.3 Å². The van der Waals surface area contributed by atoms with Crippen LogP contribution in [0.15, 0.2) is 29.2 Å². The van der Waals surface area contributed by atoms with E-state index in [1.807, 2.05) is 11.8 Å². The Bertz CT molecular complexity index is 373. The van der Waals surface area contributed by atoms with Crippen LogP contribution in [-0.4, -0.2) is 11.0 Å². The first-order valence-electron chi connectivity index (χ1n) is 5.99. The van der Waals surface area contributed by atoms with Gasteiger partial charge in [-0.25, -0.2) is 0 Å². The third-order valence-electron chi connectivity index (χ3n) is 3.07. The zero-order valence-corrected chi connectivity index (χ0v) is 10.6. The molecule has 2 rings (SSSR count). The second kappa shape index (κ2) is 5.53. The molecule has 0 aliphatic heterocycles. The molecule has 0 spiro atoms. The van der Waals surface area contributed by atoms with Crippen LogP contribution in [0.5, 0.6) is 0 Å². The molecule has 1 fully saturated rings. The van der Waals surface area contributed by atoms with Gasteiger partial charge in [0.2, 0.25) is 0 Å². The molecule has 2 heteroatoms. The van der Waals surface area contributed by atoms with Crippen LogP contribution in [0.3, 0.4) is 0 Å². The fourth-order valence-corrected chi connectivity index (χ4v) is 3.44. The van der Waals surface area contributed by atoms with Gasteiger partial charge in [-0.3, -0.25) is 4.79 Å². The van der Waals surface area contributed by atoms with Crippen molar-refractivity contribution in [2.75, 3.05) is 0 Å². The van der Waals surface area contributed by atoms with Crippen LogP contribution in [0.2, 0.25) is 0 Å². The lowest BCUT2D eigenvalue weighted by Gasteiger charge is -2.14. The summed E-state index contributed by atoms with van der Waals surface area (Å²) in [5.74, 6) is 0.448. The molecule has 1 aliphatic rings. The van der Waals surface area contributed by atoms with Crippen molar-refractivity contribution in [3.05, 3.63) is 29.8 Å². The van der Waals surface area contributed by atoms with E-state index < -0.39 is 0 Å². The van der Waals surface area contributed by atoms with E-state index in [0.717, 1.165) is 19.3 Å². The molecule has 0 unspecified atom stereocenters. The Hall–Kier alpha value is -0.760.